The number of nitrogens with zero attached hydrogens (tertiary/aromatic N) is 4. The highest BCUT2D eigenvalue weighted by Gasteiger charge is 2.05. The Labute approximate surface area is 164 Å². The maximum Gasteiger partial charge on any atom is 0.193 e. The van der Waals surface area contributed by atoms with Crippen LogP contribution in [-0.2, 0) is 6.54 Å². The van der Waals surface area contributed by atoms with Crippen molar-refractivity contribution in [2.75, 3.05) is 27.2 Å². The Morgan fingerprint density at radius 3 is 2.67 bits per heavy atom. The molecule has 0 atom stereocenters. The van der Waals surface area contributed by atoms with E-state index >= 15 is 0 Å². The topological polar surface area (TPSA) is 45.5 Å². The summed E-state index contributed by atoms with van der Waals surface area (Å²) in [5.41, 5.74) is 2.31. The van der Waals surface area contributed by atoms with E-state index in [0.717, 1.165) is 44.1 Å². The fraction of sp³-hybridized carbons (Fsp3) is 0.667. The summed E-state index contributed by atoms with van der Waals surface area (Å²) in [6, 6.07) is 2.12. The van der Waals surface area contributed by atoms with Gasteiger partial charge in [0.2, 0.25) is 0 Å². The molecule has 0 amide bonds. The molecule has 0 fully saturated rings. The third-order valence-corrected chi connectivity index (χ3v) is 3.91. The van der Waals surface area contributed by atoms with Crippen LogP contribution in [0.4, 0.5) is 0 Å². The van der Waals surface area contributed by atoms with Crippen molar-refractivity contribution < 1.29 is 0 Å². The number of halogens is 1. The number of aryl methyl sites for hydroxylation is 3. The van der Waals surface area contributed by atoms with Crippen molar-refractivity contribution in [2.45, 2.75) is 52.5 Å². The number of unbranched alkanes of at least 4 members (excludes halogenated alkanes) is 3. The predicted molar refractivity (Wildman–Crippen MR) is 114 cm³/mol. The lowest BCUT2D eigenvalue weighted by Crippen LogP contribution is -2.40. The standard InChI is InChI=1S/C18H33N5.HI/c1-6-7-8-9-10-13-22(5)18(19-4)20-12-11-14-23-17(3)15-16(2)21-23;/h6,15H,1,7-14H2,2-5H3,(H,19,20);1H. The molecule has 0 saturated carbocycles. The first-order valence-electron chi connectivity index (χ1n) is 8.62. The fourth-order valence-electron chi connectivity index (χ4n) is 2.64. The Morgan fingerprint density at radius 2 is 2.08 bits per heavy atom. The summed E-state index contributed by atoms with van der Waals surface area (Å²) < 4.78 is 2.07. The predicted octanol–water partition coefficient (Wildman–Crippen LogP) is 3.76. The number of guanidine groups is 1. The van der Waals surface area contributed by atoms with Crippen molar-refractivity contribution in [3.63, 3.8) is 0 Å². The lowest BCUT2D eigenvalue weighted by atomic mass is 10.2. The van der Waals surface area contributed by atoms with Gasteiger partial charge in [-0.2, -0.15) is 5.10 Å². The van der Waals surface area contributed by atoms with Crippen LogP contribution in [0.1, 0.15) is 43.5 Å². The smallest absolute Gasteiger partial charge is 0.193 e. The van der Waals surface area contributed by atoms with Crippen LogP contribution in [0.25, 0.3) is 0 Å². The van der Waals surface area contributed by atoms with E-state index in [9.17, 15) is 0 Å². The first-order valence-corrected chi connectivity index (χ1v) is 8.62. The molecule has 1 N–H and O–H groups in total. The quantitative estimate of drug-likeness (QED) is 0.195. The molecule has 0 radical (unpaired) electrons. The zero-order chi connectivity index (χ0) is 17.1. The zero-order valence-electron chi connectivity index (χ0n) is 15.7. The van der Waals surface area contributed by atoms with Crippen LogP contribution in [-0.4, -0.2) is 47.8 Å². The number of hydrogen-bond acceptors (Lipinski definition) is 2. The van der Waals surface area contributed by atoms with Crippen molar-refractivity contribution >= 4 is 29.9 Å². The second kappa shape index (κ2) is 13.3. The zero-order valence-corrected chi connectivity index (χ0v) is 18.0. The molecule has 0 aromatic carbocycles. The molecule has 0 aliphatic rings. The number of aromatic nitrogens is 2. The minimum atomic E-state index is 0. The molecule has 0 unspecified atom stereocenters. The second-order valence-corrected chi connectivity index (χ2v) is 6.04. The Bertz CT molecular complexity index is 496. The molecule has 1 aromatic heterocycles. The number of aliphatic imine (C=N–C) groups is 1. The third kappa shape index (κ3) is 8.70. The largest absolute Gasteiger partial charge is 0.356 e. The van der Waals surface area contributed by atoms with Crippen LogP contribution >= 0.6 is 24.0 Å². The molecular weight excluding hydrogens is 413 g/mol. The summed E-state index contributed by atoms with van der Waals surface area (Å²) in [4.78, 5) is 6.57. The van der Waals surface area contributed by atoms with Gasteiger partial charge in [0.25, 0.3) is 0 Å². The van der Waals surface area contributed by atoms with E-state index in [1.165, 1.54) is 25.0 Å². The number of hydrogen-bond donors (Lipinski definition) is 1. The average molecular weight is 447 g/mol. The van der Waals surface area contributed by atoms with Gasteiger partial charge in [0, 0.05) is 39.4 Å². The Balaban J connectivity index is 0.00000529. The second-order valence-electron chi connectivity index (χ2n) is 6.04. The molecule has 138 valence electrons. The van der Waals surface area contributed by atoms with Gasteiger partial charge in [-0.15, -0.1) is 30.6 Å². The normalized spacial score (nSPS) is 11.1. The van der Waals surface area contributed by atoms with Crippen molar-refractivity contribution in [1.29, 1.82) is 0 Å². The van der Waals surface area contributed by atoms with Crippen LogP contribution in [0.15, 0.2) is 23.7 Å². The van der Waals surface area contributed by atoms with E-state index in [1.54, 1.807) is 0 Å². The molecule has 0 saturated heterocycles. The molecule has 6 heteroatoms. The van der Waals surface area contributed by atoms with Crippen LogP contribution in [0.2, 0.25) is 0 Å². The first-order chi connectivity index (χ1) is 11.1. The molecule has 1 heterocycles. The van der Waals surface area contributed by atoms with Crippen LogP contribution < -0.4 is 5.32 Å². The van der Waals surface area contributed by atoms with E-state index in [1.807, 2.05) is 20.0 Å². The molecule has 1 aromatic rings. The minimum absolute atomic E-state index is 0. The summed E-state index contributed by atoms with van der Waals surface area (Å²) in [5, 5.41) is 7.92. The summed E-state index contributed by atoms with van der Waals surface area (Å²) in [6.45, 7) is 10.8. The van der Waals surface area contributed by atoms with Gasteiger partial charge in [-0.05, 0) is 45.6 Å². The maximum absolute atomic E-state index is 4.49. The fourth-order valence-corrected chi connectivity index (χ4v) is 2.64. The van der Waals surface area contributed by atoms with Crippen LogP contribution in [0.5, 0.6) is 0 Å². The molecule has 0 spiro atoms. The molecule has 0 bridgehead atoms. The van der Waals surface area contributed by atoms with Gasteiger partial charge in [0.1, 0.15) is 0 Å². The number of rotatable bonds is 10. The van der Waals surface area contributed by atoms with Crippen molar-refractivity contribution in [1.82, 2.24) is 20.0 Å². The highest BCUT2D eigenvalue weighted by atomic mass is 127. The van der Waals surface area contributed by atoms with Crippen LogP contribution in [0.3, 0.4) is 0 Å². The molecule has 0 aliphatic heterocycles. The van der Waals surface area contributed by atoms with Crippen molar-refractivity contribution in [3.8, 4) is 0 Å². The molecule has 0 aliphatic carbocycles. The lowest BCUT2D eigenvalue weighted by molar-refractivity contribution is 0.451. The average Bonchev–Trinajstić information content (AvgIpc) is 2.84. The van der Waals surface area contributed by atoms with Gasteiger partial charge in [-0.1, -0.05) is 12.5 Å². The van der Waals surface area contributed by atoms with E-state index in [-0.39, 0.29) is 24.0 Å². The summed E-state index contributed by atoms with van der Waals surface area (Å²) in [6.07, 6.45) is 7.80. The van der Waals surface area contributed by atoms with Gasteiger partial charge < -0.3 is 10.2 Å². The van der Waals surface area contributed by atoms with E-state index in [2.05, 4.69) is 51.6 Å². The van der Waals surface area contributed by atoms with Crippen LogP contribution in [0, 0.1) is 13.8 Å². The van der Waals surface area contributed by atoms with E-state index in [4.69, 9.17) is 0 Å². The molecule has 24 heavy (non-hydrogen) atoms. The minimum Gasteiger partial charge on any atom is -0.356 e. The van der Waals surface area contributed by atoms with Gasteiger partial charge in [0.15, 0.2) is 5.96 Å². The van der Waals surface area contributed by atoms with E-state index < -0.39 is 0 Å². The monoisotopic (exact) mass is 447 g/mol. The van der Waals surface area contributed by atoms with Gasteiger partial charge >= 0.3 is 0 Å². The SMILES string of the molecule is C=CCCCCCN(C)C(=NC)NCCCn1nc(C)cc1C.I. The lowest BCUT2D eigenvalue weighted by Gasteiger charge is -2.22. The third-order valence-electron chi connectivity index (χ3n) is 3.91. The maximum atomic E-state index is 4.49. The van der Waals surface area contributed by atoms with E-state index in [0.29, 0.717) is 0 Å². The molecule has 1 rings (SSSR count). The number of allylic oxidation sites excluding steroid dienone is 1. The van der Waals surface area contributed by atoms with Gasteiger partial charge in [-0.3, -0.25) is 9.67 Å². The Kier molecular flexibility index (Phi) is 12.7. The summed E-state index contributed by atoms with van der Waals surface area (Å²) >= 11 is 0. The Hall–Kier alpha value is -1.05. The first kappa shape index (κ1) is 22.9. The van der Waals surface area contributed by atoms with Crippen molar-refractivity contribution in [3.05, 3.63) is 30.1 Å². The highest BCUT2D eigenvalue weighted by molar-refractivity contribution is 14.0. The number of nitrogens with one attached hydrogen (secondary N) is 1. The molecular formula is C18H34IN5. The van der Waals surface area contributed by atoms with Gasteiger partial charge in [0.05, 0.1) is 5.69 Å². The molecule has 5 nitrogen and oxygen atoms in total. The highest BCUT2D eigenvalue weighted by Crippen LogP contribution is 2.03. The Morgan fingerprint density at radius 1 is 1.33 bits per heavy atom. The summed E-state index contributed by atoms with van der Waals surface area (Å²) in [5.74, 6) is 0.974. The van der Waals surface area contributed by atoms with Crippen molar-refractivity contribution in [2.24, 2.45) is 4.99 Å². The summed E-state index contributed by atoms with van der Waals surface area (Å²) in [7, 11) is 3.95. The van der Waals surface area contributed by atoms with Gasteiger partial charge in [-0.25, -0.2) is 0 Å².